The number of hydrogen-bond donors (Lipinski definition) is 3. The summed E-state index contributed by atoms with van der Waals surface area (Å²) in [6.07, 6.45) is 4.89. The summed E-state index contributed by atoms with van der Waals surface area (Å²) < 4.78 is 65.9. The van der Waals surface area contributed by atoms with Gasteiger partial charge in [0.05, 0.1) is 19.9 Å². The van der Waals surface area contributed by atoms with Gasteiger partial charge in [0.15, 0.2) is 11.5 Å². The third-order valence-corrected chi connectivity index (χ3v) is 7.30. The van der Waals surface area contributed by atoms with Crippen molar-refractivity contribution in [2.45, 2.75) is 4.90 Å². The van der Waals surface area contributed by atoms with Gasteiger partial charge in [-0.05, 0) is 42.0 Å². The Kier molecular flexibility index (Phi) is 6.33. The first kappa shape index (κ1) is 25.0. The second-order valence-electron chi connectivity index (χ2n) is 8.23. The van der Waals surface area contributed by atoms with Crippen LogP contribution in [0, 0.1) is 11.6 Å². The number of aromatic nitrogens is 3. The Morgan fingerprint density at radius 2 is 1.63 bits per heavy atom. The molecule has 0 aliphatic carbocycles. The van der Waals surface area contributed by atoms with E-state index in [1.807, 2.05) is 24.4 Å². The van der Waals surface area contributed by atoms with Crippen molar-refractivity contribution >= 4 is 32.6 Å². The van der Waals surface area contributed by atoms with E-state index < -0.39 is 26.6 Å². The van der Waals surface area contributed by atoms with E-state index in [4.69, 9.17) is 15.2 Å². The van der Waals surface area contributed by atoms with Crippen molar-refractivity contribution in [1.29, 1.82) is 0 Å². The first-order valence-electron chi connectivity index (χ1n) is 11.1. The molecule has 2 aromatic carbocycles. The van der Waals surface area contributed by atoms with Crippen LogP contribution in [0.1, 0.15) is 0 Å². The van der Waals surface area contributed by atoms with Gasteiger partial charge in [0.2, 0.25) is 0 Å². The zero-order valence-corrected chi connectivity index (χ0v) is 20.9. The van der Waals surface area contributed by atoms with Gasteiger partial charge in [-0.15, -0.1) is 0 Å². The monoisotopic (exact) mass is 537 g/mol. The zero-order chi connectivity index (χ0) is 27.0. The first-order valence-corrected chi connectivity index (χ1v) is 12.6. The van der Waals surface area contributed by atoms with Crippen molar-refractivity contribution in [3.8, 4) is 33.8 Å². The fraction of sp³-hybridized carbons (Fsp3) is 0.0769. The molecule has 0 unspecified atom stereocenters. The highest BCUT2D eigenvalue weighted by Gasteiger charge is 2.21. The van der Waals surface area contributed by atoms with Gasteiger partial charge in [0, 0.05) is 46.7 Å². The molecule has 0 radical (unpaired) electrons. The Morgan fingerprint density at radius 1 is 0.895 bits per heavy atom. The van der Waals surface area contributed by atoms with Crippen molar-refractivity contribution in [2.75, 3.05) is 24.7 Å². The Hall–Kier alpha value is -4.71. The number of ether oxygens (including phenoxy) is 2. The molecule has 0 saturated carbocycles. The van der Waals surface area contributed by atoms with Crippen LogP contribution in [0.15, 0.2) is 72.0 Å². The lowest BCUT2D eigenvalue weighted by Crippen LogP contribution is -2.16. The molecule has 3 heterocycles. The lowest BCUT2D eigenvalue weighted by molar-refractivity contribution is 0.355. The number of nitrogens with one attached hydrogen (secondary N) is 2. The Balaban J connectivity index is 1.53. The molecule has 9 nitrogen and oxygen atoms in total. The number of hydrogen-bond acceptors (Lipinski definition) is 7. The average molecular weight is 538 g/mol. The number of nitrogen functional groups attached to an aromatic ring is 1. The van der Waals surface area contributed by atoms with E-state index in [1.165, 1.54) is 12.3 Å². The molecule has 3 aromatic heterocycles. The topological polar surface area (TPSA) is 132 Å². The standard InChI is InChI=1S/C26H21F2N5O4S/c1-36-22-5-3-14(9-23(22)37-2)19-13-32-26-18(19)7-15(12-31-26)16-8-21(25(29)30-11-16)33-38(34,35)24-6-4-17(27)10-20(24)28/h3-13,33H,1-2H3,(H2,29,30)(H,31,32). The number of H-pyrrole nitrogens is 1. The summed E-state index contributed by atoms with van der Waals surface area (Å²) in [6.45, 7) is 0. The number of halogens is 2. The van der Waals surface area contributed by atoms with E-state index in [2.05, 4.69) is 19.7 Å². The molecule has 38 heavy (non-hydrogen) atoms. The van der Waals surface area contributed by atoms with Crippen molar-refractivity contribution < 1.29 is 26.7 Å². The second kappa shape index (κ2) is 9.63. The zero-order valence-electron chi connectivity index (χ0n) is 20.1. The van der Waals surface area contributed by atoms with E-state index in [9.17, 15) is 17.2 Å². The molecule has 0 fully saturated rings. The number of methoxy groups -OCH3 is 2. The van der Waals surface area contributed by atoms with Gasteiger partial charge in [0.25, 0.3) is 10.0 Å². The fourth-order valence-electron chi connectivity index (χ4n) is 4.01. The number of nitrogens with zero attached hydrogens (tertiary/aromatic N) is 2. The van der Waals surface area contributed by atoms with Crippen molar-refractivity contribution in [1.82, 2.24) is 15.0 Å². The largest absolute Gasteiger partial charge is 0.493 e. The summed E-state index contributed by atoms with van der Waals surface area (Å²) in [4.78, 5) is 11.0. The van der Waals surface area contributed by atoms with E-state index in [0.29, 0.717) is 34.3 Å². The summed E-state index contributed by atoms with van der Waals surface area (Å²) in [5, 5.41) is 0.794. The molecule has 5 rings (SSSR count). The molecule has 0 bridgehead atoms. The number of aromatic amines is 1. The summed E-state index contributed by atoms with van der Waals surface area (Å²) in [5.41, 5.74) is 9.31. The van der Waals surface area contributed by atoms with Gasteiger partial charge < -0.3 is 20.2 Å². The second-order valence-corrected chi connectivity index (χ2v) is 9.88. The Labute approximate surface area is 216 Å². The molecule has 5 aromatic rings. The quantitative estimate of drug-likeness (QED) is 0.267. The van der Waals surface area contributed by atoms with E-state index in [0.717, 1.165) is 28.6 Å². The summed E-state index contributed by atoms with van der Waals surface area (Å²) in [6, 6.07) is 11.0. The molecule has 12 heteroatoms. The van der Waals surface area contributed by atoms with Gasteiger partial charge in [-0.1, -0.05) is 6.07 Å². The molecule has 0 amide bonds. The van der Waals surface area contributed by atoms with Crippen molar-refractivity contribution in [3.05, 3.63) is 78.8 Å². The summed E-state index contributed by atoms with van der Waals surface area (Å²) in [5.74, 6) is -1.09. The van der Waals surface area contributed by atoms with Crippen molar-refractivity contribution in [3.63, 3.8) is 0 Å². The molecular formula is C26H21F2N5O4S. The van der Waals surface area contributed by atoms with Crippen LogP contribution in [-0.4, -0.2) is 37.6 Å². The number of pyridine rings is 2. The van der Waals surface area contributed by atoms with Crippen molar-refractivity contribution in [2.24, 2.45) is 0 Å². The maximum atomic E-state index is 14.1. The number of anilines is 2. The highest BCUT2D eigenvalue weighted by atomic mass is 32.2. The maximum absolute atomic E-state index is 14.1. The van der Waals surface area contributed by atoms with Gasteiger partial charge in [-0.25, -0.2) is 27.2 Å². The molecule has 0 spiro atoms. The maximum Gasteiger partial charge on any atom is 0.264 e. The van der Waals surface area contributed by atoms with Gasteiger partial charge >= 0.3 is 0 Å². The van der Waals surface area contributed by atoms with E-state index in [-0.39, 0.29) is 11.5 Å². The minimum Gasteiger partial charge on any atom is -0.493 e. The molecule has 0 aliphatic rings. The van der Waals surface area contributed by atoms with Crippen LogP contribution in [0.4, 0.5) is 20.3 Å². The highest BCUT2D eigenvalue weighted by molar-refractivity contribution is 7.92. The molecule has 194 valence electrons. The predicted octanol–water partition coefficient (Wildman–Crippen LogP) is 4.97. The number of nitrogens with two attached hydrogens (primary N) is 1. The highest BCUT2D eigenvalue weighted by Crippen LogP contribution is 2.37. The molecule has 0 atom stereocenters. The molecule has 4 N–H and O–H groups in total. The predicted molar refractivity (Wildman–Crippen MR) is 139 cm³/mol. The molecular weight excluding hydrogens is 516 g/mol. The van der Waals surface area contributed by atoms with E-state index in [1.54, 1.807) is 26.5 Å². The molecule has 0 saturated heterocycles. The third-order valence-electron chi connectivity index (χ3n) is 5.91. The van der Waals surface area contributed by atoms with Gasteiger partial charge in [0.1, 0.15) is 28.0 Å². The van der Waals surface area contributed by atoms with Crippen LogP contribution < -0.4 is 19.9 Å². The minimum absolute atomic E-state index is 0.0690. The SMILES string of the molecule is COc1ccc(-c2c[nH]c3ncc(-c4cnc(N)c(NS(=O)(=O)c5ccc(F)cc5F)c4)cc23)cc1OC. The van der Waals surface area contributed by atoms with Crippen LogP contribution in [0.2, 0.25) is 0 Å². The number of rotatable bonds is 7. The van der Waals surface area contributed by atoms with Crippen LogP contribution in [0.3, 0.4) is 0 Å². The lowest BCUT2D eigenvalue weighted by atomic mass is 10.0. The summed E-state index contributed by atoms with van der Waals surface area (Å²) in [7, 11) is -1.30. The first-order chi connectivity index (χ1) is 18.2. The smallest absolute Gasteiger partial charge is 0.264 e. The van der Waals surface area contributed by atoms with Crippen LogP contribution >= 0.6 is 0 Å². The van der Waals surface area contributed by atoms with Crippen LogP contribution in [0.5, 0.6) is 11.5 Å². The van der Waals surface area contributed by atoms with Gasteiger partial charge in [-0.2, -0.15) is 0 Å². The lowest BCUT2D eigenvalue weighted by Gasteiger charge is -2.12. The van der Waals surface area contributed by atoms with E-state index >= 15 is 0 Å². The normalized spacial score (nSPS) is 11.5. The summed E-state index contributed by atoms with van der Waals surface area (Å²) >= 11 is 0. The van der Waals surface area contributed by atoms with Gasteiger partial charge in [-0.3, -0.25) is 4.72 Å². The number of fused-ring (bicyclic) bond motifs is 1. The number of sulfonamides is 1. The Morgan fingerprint density at radius 3 is 2.37 bits per heavy atom. The minimum atomic E-state index is -4.42. The van der Waals surface area contributed by atoms with Crippen LogP contribution in [0.25, 0.3) is 33.3 Å². The fourth-order valence-corrected chi connectivity index (χ4v) is 5.14. The Bertz CT molecular complexity index is 1790. The number of benzene rings is 2. The van der Waals surface area contributed by atoms with Crippen LogP contribution in [-0.2, 0) is 10.0 Å². The third kappa shape index (κ3) is 4.57. The molecule has 0 aliphatic heterocycles. The average Bonchev–Trinajstić information content (AvgIpc) is 3.32.